The van der Waals surface area contributed by atoms with Gasteiger partial charge in [0.25, 0.3) is 0 Å². The summed E-state index contributed by atoms with van der Waals surface area (Å²) in [4.78, 5) is 24.0. The highest BCUT2D eigenvalue weighted by Gasteiger charge is 2.17. The van der Waals surface area contributed by atoms with Gasteiger partial charge in [0.1, 0.15) is 5.88 Å². The topological polar surface area (TPSA) is 46.2 Å². The Hall–Kier alpha value is -1.36. The fourth-order valence-electron chi connectivity index (χ4n) is 1.79. The molecule has 0 aliphatic rings. The summed E-state index contributed by atoms with van der Waals surface area (Å²) in [6, 6.07) is 11.7. The molecule has 0 unspecified atom stereocenters. The first-order valence-corrected chi connectivity index (χ1v) is 7.68. The van der Waals surface area contributed by atoms with Gasteiger partial charge in [-0.25, -0.2) is 0 Å². The fourth-order valence-corrected chi connectivity index (χ4v) is 2.42. The number of amides is 1. The molecule has 2 rings (SSSR count). The zero-order chi connectivity index (χ0) is 15.4. The van der Waals surface area contributed by atoms with Crippen molar-refractivity contribution in [1.82, 2.24) is 0 Å². The van der Waals surface area contributed by atoms with Crippen LogP contribution in [0, 0.1) is 0 Å². The lowest BCUT2D eigenvalue weighted by Crippen LogP contribution is -2.16. The van der Waals surface area contributed by atoms with E-state index in [1.807, 2.05) is 0 Å². The zero-order valence-electron chi connectivity index (χ0n) is 10.7. The van der Waals surface area contributed by atoms with Crippen molar-refractivity contribution in [3.63, 3.8) is 0 Å². The van der Waals surface area contributed by atoms with Crippen LogP contribution in [0.5, 0.6) is 0 Å². The Bertz CT molecular complexity index is 704. The average Bonchev–Trinajstić information content (AvgIpc) is 2.49. The molecule has 0 heterocycles. The molecule has 0 radical (unpaired) electrons. The quantitative estimate of drug-likeness (QED) is 0.620. The molecular weight excluding hydrogens is 377 g/mol. The number of hydrogen-bond acceptors (Lipinski definition) is 2. The van der Waals surface area contributed by atoms with Gasteiger partial charge in [-0.3, -0.25) is 9.59 Å². The van der Waals surface area contributed by atoms with Gasteiger partial charge in [0, 0.05) is 15.6 Å². The van der Waals surface area contributed by atoms with E-state index in [-0.39, 0.29) is 17.6 Å². The third-order valence-corrected chi connectivity index (χ3v) is 3.81. The minimum Gasteiger partial charge on any atom is -0.324 e. The molecule has 0 atom stereocenters. The minimum absolute atomic E-state index is 0.180. The van der Waals surface area contributed by atoms with E-state index >= 15 is 0 Å². The van der Waals surface area contributed by atoms with Crippen LogP contribution in [-0.4, -0.2) is 17.6 Å². The van der Waals surface area contributed by atoms with Crippen molar-refractivity contribution in [3.05, 3.63) is 63.1 Å². The molecule has 0 aliphatic heterocycles. The van der Waals surface area contributed by atoms with Gasteiger partial charge in [0.2, 0.25) is 5.91 Å². The first kappa shape index (κ1) is 16.0. The molecule has 3 nitrogen and oxygen atoms in total. The molecule has 0 saturated heterocycles. The Balaban J connectivity index is 2.44. The van der Waals surface area contributed by atoms with E-state index in [1.54, 1.807) is 42.5 Å². The summed E-state index contributed by atoms with van der Waals surface area (Å²) >= 11 is 14.9. The number of ketones is 1. The zero-order valence-corrected chi connectivity index (χ0v) is 13.8. The molecule has 0 fully saturated rings. The van der Waals surface area contributed by atoms with Gasteiger partial charge in [-0.15, -0.1) is 11.6 Å². The largest absolute Gasteiger partial charge is 0.324 e. The molecule has 0 aliphatic carbocycles. The normalized spacial score (nSPS) is 10.2. The predicted molar refractivity (Wildman–Crippen MR) is 88.4 cm³/mol. The number of carbonyl (C=O) groups is 2. The summed E-state index contributed by atoms with van der Waals surface area (Å²) < 4.78 is 0.748. The van der Waals surface area contributed by atoms with Crippen LogP contribution in [0.1, 0.15) is 15.9 Å². The summed E-state index contributed by atoms with van der Waals surface area (Å²) in [5, 5.41) is 2.95. The maximum absolute atomic E-state index is 12.6. The second-order valence-electron chi connectivity index (χ2n) is 4.18. The molecular formula is C15H10BrCl2NO2. The van der Waals surface area contributed by atoms with E-state index < -0.39 is 0 Å². The monoisotopic (exact) mass is 385 g/mol. The summed E-state index contributed by atoms with van der Waals surface area (Å²) in [7, 11) is 0. The van der Waals surface area contributed by atoms with E-state index in [2.05, 4.69) is 21.2 Å². The highest BCUT2D eigenvalue weighted by Crippen LogP contribution is 2.26. The molecule has 6 heteroatoms. The third-order valence-electron chi connectivity index (χ3n) is 2.74. The summed E-state index contributed by atoms with van der Waals surface area (Å²) in [6.45, 7) is 0. The molecule has 0 bridgehead atoms. The van der Waals surface area contributed by atoms with Crippen LogP contribution < -0.4 is 5.32 Å². The number of alkyl halides is 1. The van der Waals surface area contributed by atoms with Gasteiger partial charge >= 0.3 is 0 Å². The lowest BCUT2D eigenvalue weighted by Gasteiger charge is -2.10. The molecule has 2 aromatic rings. The molecule has 1 N–H and O–H groups in total. The van der Waals surface area contributed by atoms with Gasteiger partial charge < -0.3 is 5.32 Å². The van der Waals surface area contributed by atoms with Crippen molar-refractivity contribution < 1.29 is 9.59 Å². The lowest BCUT2D eigenvalue weighted by atomic mass is 10.0. The fraction of sp³-hybridized carbons (Fsp3) is 0.0667. The number of carbonyl (C=O) groups excluding carboxylic acids is 2. The Morgan fingerprint density at radius 1 is 1.10 bits per heavy atom. The van der Waals surface area contributed by atoms with Crippen molar-refractivity contribution in [2.75, 3.05) is 11.2 Å². The number of para-hydroxylation sites is 1. The second kappa shape index (κ2) is 7.07. The molecule has 2 aromatic carbocycles. The number of rotatable bonds is 4. The predicted octanol–water partition coefficient (Wildman–Crippen LogP) is 4.51. The third kappa shape index (κ3) is 3.84. The van der Waals surface area contributed by atoms with Crippen LogP contribution in [-0.2, 0) is 4.79 Å². The highest BCUT2D eigenvalue weighted by molar-refractivity contribution is 9.10. The lowest BCUT2D eigenvalue weighted by molar-refractivity contribution is -0.113. The van der Waals surface area contributed by atoms with Crippen LogP contribution in [0.25, 0.3) is 0 Å². The smallest absolute Gasteiger partial charge is 0.239 e. The summed E-state index contributed by atoms with van der Waals surface area (Å²) in [5.41, 5.74) is 1.12. The van der Waals surface area contributed by atoms with Crippen molar-refractivity contribution in [1.29, 1.82) is 0 Å². The average molecular weight is 387 g/mol. The van der Waals surface area contributed by atoms with Crippen molar-refractivity contribution in [2.24, 2.45) is 0 Å². The molecule has 0 saturated carbocycles. The first-order chi connectivity index (χ1) is 10.0. The van der Waals surface area contributed by atoms with E-state index in [9.17, 15) is 9.59 Å². The number of benzene rings is 2. The summed E-state index contributed by atoms with van der Waals surface area (Å²) in [6.07, 6.45) is 0. The van der Waals surface area contributed by atoms with E-state index in [0.717, 1.165) is 4.47 Å². The van der Waals surface area contributed by atoms with Crippen LogP contribution in [0.2, 0.25) is 5.02 Å². The Morgan fingerprint density at radius 3 is 2.52 bits per heavy atom. The summed E-state index contributed by atoms with van der Waals surface area (Å²) in [5.74, 6) is -0.829. The Labute approximate surface area is 140 Å². The number of anilines is 1. The molecule has 1 amide bonds. The van der Waals surface area contributed by atoms with Gasteiger partial charge in [-0.2, -0.15) is 0 Å². The van der Waals surface area contributed by atoms with Crippen LogP contribution in [0.3, 0.4) is 0 Å². The standard InChI is InChI=1S/C15H10BrCl2NO2/c16-9-5-6-12(18)11(7-9)15(21)10-3-1-2-4-13(10)19-14(20)8-17/h1-7H,8H2,(H,19,20). The highest BCUT2D eigenvalue weighted by atomic mass is 79.9. The molecule has 0 aromatic heterocycles. The van der Waals surface area contributed by atoms with Crippen molar-refractivity contribution in [3.8, 4) is 0 Å². The van der Waals surface area contributed by atoms with E-state index in [1.165, 1.54) is 0 Å². The SMILES string of the molecule is O=C(CCl)Nc1ccccc1C(=O)c1cc(Br)ccc1Cl. The van der Waals surface area contributed by atoms with E-state index in [0.29, 0.717) is 21.8 Å². The minimum atomic E-state index is -0.378. The molecule has 21 heavy (non-hydrogen) atoms. The van der Waals surface area contributed by atoms with Gasteiger partial charge in [0.05, 0.1) is 10.7 Å². The maximum Gasteiger partial charge on any atom is 0.239 e. The number of halogens is 3. The van der Waals surface area contributed by atoms with Gasteiger partial charge in [-0.05, 0) is 30.3 Å². The molecule has 0 spiro atoms. The number of nitrogens with one attached hydrogen (secondary N) is 1. The van der Waals surface area contributed by atoms with E-state index in [4.69, 9.17) is 23.2 Å². The van der Waals surface area contributed by atoms with Gasteiger partial charge in [-0.1, -0.05) is 39.7 Å². The number of hydrogen-bond donors (Lipinski definition) is 1. The molecule has 108 valence electrons. The first-order valence-electron chi connectivity index (χ1n) is 5.97. The van der Waals surface area contributed by atoms with Gasteiger partial charge in [0.15, 0.2) is 5.78 Å². The Morgan fingerprint density at radius 2 is 1.81 bits per heavy atom. The van der Waals surface area contributed by atoms with Crippen LogP contribution >= 0.6 is 39.1 Å². The second-order valence-corrected chi connectivity index (χ2v) is 5.77. The maximum atomic E-state index is 12.6. The van der Waals surface area contributed by atoms with Crippen LogP contribution in [0.15, 0.2) is 46.9 Å². The van der Waals surface area contributed by atoms with Crippen molar-refractivity contribution in [2.45, 2.75) is 0 Å². The Kier molecular flexibility index (Phi) is 5.39. The van der Waals surface area contributed by atoms with Crippen molar-refractivity contribution >= 4 is 56.5 Å². The van der Waals surface area contributed by atoms with Crippen LogP contribution in [0.4, 0.5) is 5.69 Å².